The van der Waals surface area contributed by atoms with Crippen molar-refractivity contribution in [1.29, 1.82) is 0 Å². The van der Waals surface area contributed by atoms with E-state index in [0.29, 0.717) is 0 Å². The van der Waals surface area contributed by atoms with Gasteiger partial charge in [-0.05, 0) is 18.6 Å². The fourth-order valence-corrected chi connectivity index (χ4v) is 2.50. The Labute approximate surface area is 107 Å². The van der Waals surface area contributed by atoms with Crippen LogP contribution in [0.25, 0.3) is 11.0 Å². The van der Waals surface area contributed by atoms with E-state index in [2.05, 4.69) is 23.0 Å². The zero-order valence-electron chi connectivity index (χ0n) is 10.7. The lowest BCUT2D eigenvalue weighted by molar-refractivity contribution is 0.0383. The Morgan fingerprint density at radius 2 is 2.11 bits per heavy atom. The number of morpholine rings is 1. The first-order valence-corrected chi connectivity index (χ1v) is 6.48. The lowest BCUT2D eigenvalue weighted by Crippen LogP contribution is -2.37. The quantitative estimate of drug-likeness (QED) is 0.830. The number of hydrogen-bond acceptors (Lipinski definition) is 4. The second-order valence-electron chi connectivity index (χ2n) is 4.78. The Morgan fingerprint density at radius 1 is 1.28 bits per heavy atom. The van der Waals surface area contributed by atoms with Crippen molar-refractivity contribution in [3.63, 3.8) is 0 Å². The molecule has 1 aromatic heterocycles. The zero-order valence-corrected chi connectivity index (χ0v) is 10.7. The van der Waals surface area contributed by atoms with Gasteiger partial charge in [-0.3, -0.25) is 4.90 Å². The summed E-state index contributed by atoms with van der Waals surface area (Å²) in [6.45, 7) is 6.87. The largest absolute Gasteiger partial charge is 0.379 e. The van der Waals surface area contributed by atoms with Gasteiger partial charge in [-0.2, -0.15) is 0 Å². The number of aryl methyl sites for hydroxylation is 1. The molecule has 1 aromatic carbocycles. The van der Waals surface area contributed by atoms with Crippen LogP contribution in [0.3, 0.4) is 0 Å². The van der Waals surface area contributed by atoms with Crippen molar-refractivity contribution in [3.8, 4) is 0 Å². The molecule has 0 spiro atoms. The molecule has 1 fully saturated rings. The van der Waals surface area contributed by atoms with E-state index in [-0.39, 0.29) is 0 Å². The van der Waals surface area contributed by atoms with E-state index in [0.717, 1.165) is 50.5 Å². The molecule has 2 heterocycles. The molecule has 4 nitrogen and oxygen atoms in total. The predicted molar refractivity (Wildman–Crippen MR) is 69.7 cm³/mol. The van der Waals surface area contributed by atoms with Crippen LogP contribution >= 0.6 is 0 Å². The maximum absolute atomic E-state index is 5.38. The van der Waals surface area contributed by atoms with E-state index in [1.54, 1.807) is 0 Å². The zero-order chi connectivity index (χ0) is 12.4. The molecule has 0 unspecified atom stereocenters. The summed E-state index contributed by atoms with van der Waals surface area (Å²) in [5.41, 5.74) is 3.22. The van der Waals surface area contributed by atoms with Crippen molar-refractivity contribution in [3.05, 3.63) is 29.5 Å². The van der Waals surface area contributed by atoms with Gasteiger partial charge in [-0.1, -0.05) is 17.3 Å². The van der Waals surface area contributed by atoms with Crippen LogP contribution in [0.4, 0.5) is 0 Å². The Kier molecular flexibility index (Phi) is 3.30. The first-order chi connectivity index (χ1) is 8.84. The molecule has 1 aliphatic heterocycles. The van der Waals surface area contributed by atoms with Crippen molar-refractivity contribution in [2.75, 3.05) is 32.8 Å². The van der Waals surface area contributed by atoms with Crippen LogP contribution in [-0.2, 0) is 11.2 Å². The maximum Gasteiger partial charge on any atom is 0.167 e. The number of aromatic nitrogens is 1. The summed E-state index contributed by atoms with van der Waals surface area (Å²) in [4.78, 5) is 2.42. The Balaban J connectivity index is 1.74. The molecule has 0 saturated carbocycles. The highest BCUT2D eigenvalue weighted by Gasteiger charge is 2.14. The minimum absolute atomic E-state index is 0.846. The Hall–Kier alpha value is -1.39. The van der Waals surface area contributed by atoms with E-state index in [4.69, 9.17) is 9.26 Å². The molecule has 0 N–H and O–H groups in total. The summed E-state index contributed by atoms with van der Waals surface area (Å²) in [5, 5.41) is 5.39. The van der Waals surface area contributed by atoms with Crippen molar-refractivity contribution < 1.29 is 9.26 Å². The fraction of sp³-hybridized carbons (Fsp3) is 0.500. The number of nitrogens with zero attached hydrogens (tertiary/aromatic N) is 2. The molecule has 0 aliphatic carbocycles. The van der Waals surface area contributed by atoms with Gasteiger partial charge in [-0.25, -0.2) is 0 Å². The average Bonchev–Trinajstić information content (AvgIpc) is 2.82. The molecule has 1 aliphatic rings. The van der Waals surface area contributed by atoms with E-state index in [1.165, 1.54) is 10.9 Å². The molecule has 1 saturated heterocycles. The Bertz CT molecular complexity index is 530. The van der Waals surface area contributed by atoms with E-state index >= 15 is 0 Å². The molecule has 0 bridgehead atoms. The number of ether oxygens (including phenoxy) is 1. The molecule has 3 rings (SSSR count). The van der Waals surface area contributed by atoms with Crippen LogP contribution in [0.5, 0.6) is 0 Å². The topological polar surface area (TPSA) is 38.5 Å². The van der Waals surface area contributed by atoms with Crippen LogP contribution in [0.15, 0.2) is 22.7 Å². The molecular formula is C14H18N2O2. The van der Waals surface area contributed by atoms with Gasteiger partial charge < -0.3 is 9.26 Å². The molecule has 4 heteroatoms. The third-order valence-electron chi connectivity index (χ3n) is 3.55. The SMILES string of the molecule is Cc1cccc2onc(CCN3CCOCC3)c12. The molecule has 2 aromatic rings. The lowest BCUT2D eigenvalue weighted by Gasteiger charge is -2.26. The van der Waals surface area contributed by atoms with Gasteiger partial charge in [0, 0.05) is 31.4 Å². The minimum Gasteiger partial charge on any atom is -0.379 e. The third-order valence-corrected chi connectivity index (χ3v) is 3.55. The number of benzene rings is 1. The van der Waals surface area contributed by atoms with Crippen LogP contribution in [0, 0.1) is 6.92 Å². The van der Waals surface area contributed by atoms with Gasteiger partial charge in [0.2, 0.25) is 0 Å². The lowest BCUT2D eigenvalue weighted by atomic mass is 10.1. The Morgan fingerprint density at radius 3 is 2.94 bits per heavy atom. The summed E-state index contributed by atoms with van der Waals surface area (Å²) in [7, 11) is 0. The third kappa shape index (κ3) is 2.26. The van der Waals surface area contributed by atoms with Crippen molar-refractivity contribution >= 4 is 11.0 Å². The highest BCUT2D eigenvalue weighted by molar-refractivity contribution is 5.82. The molecule has 0 atom stereocenters. The van der Waals surface area contributed by atoms with E-state index in [9.17, 15) is 0 Å². The second-order valence-corrected chi connectivity index (χ2v) is 4.78. The fourth-order valence-electron chi connectivity index (χ4n) is 2.50. The second kappa shape index (κ2) is 5.08. The summed E-state index contributed by atoms with van der Waals surface area (Å²) >= 11 is 0. The normalized spacial score (nSPS) is 17.4. The molecule has 96 valence electrons. The van der Waals surface area contributed by atoms with Gasteiger partial charge >= 0.3 is 0 Å². The molecule has 18 heavy (non-hydrogen) atoms. The van der Waals surface area contributed by atoms with Gasteiger partial charge in [-0.15, -0.1) is 0 Å². The first kappa shape index (κ1) is 11.7. The van der Waals surface area contributed by atoms with Crippen molar-refractivity contribution in [2.24, 2.45) is 0 Å². The maximum atomic E-state index is 5.38. The van der Waals surface area contributed by atoms with Gasteiger partial charge in [0.1, 0.15) is 0 Å². The number of hydrogen-bond donors (Lipinski definition) is 0. The highest BCUT2D eigenvalue weighted by atomic mass is 16.5. The van der Waals surface area contributed by atoms with Crippen LogP contribution in [0.1, 0.15) is 11.3 Å². The number of fused-ring (bicyclic) bond motifs is 1. The van der Waals surface area contributed by atoms with E-state index in [1.807, 2.05) is 12.1 Å². The van der Waals surface area contributed by atoms with Crippen molar-refractivity contribution in [2.45, 2.75) is 13.3 Å². The summed E-state index contributed by atoms with van der Waals surface area (Å²) < 4.78 is 10.7. The van der Waals surface area contributed by atoms with Gasteiger partial charge in [0.15, 0.2) is 5.58 Å². The molecular weight excluding hydrogens is 228 g/mol. The van der Waals surface area contributed by atoms with Crippen LogP contribution in [-0.4, -0.2) is 42.9 Å². The van der Waals surface area contributed by atoms with Crippen LogP contribution < -0.4 is 0 Å². The monoisotopic (exact) mass is 246 g/mol. The van der Waals surface area contributed by atoms with Crippen molar-refractivity contribution in [1.82, 2.24) is 10.1 Å². The van der Waals surface area contributed by atoms with Gasteiger partial charge in [0.25, 0.3) is 0 Å². The minimum atomic E-state index is 0.846. The van der Waals surface area contributed by atoms with E-state index < -0.39 is 0 Å². The summed E-state index contributed by atoms with van der Waals surface area (Å²) in [5.74, 6) is 0. The summed E-state index contributed by atoms with van der Waals surface area (Å²) in [6, 6.07) is 6.10. The van der Waals surface area contributed by atoms with Gasteiger partial charge in [0.05, 0.1) is 18.9 Å². The predicted octanol–water partition coefficient (Wildman–Crippen LogP) is 2.01. The summed E-state index contributed by atoms with van der Waals surface area (Å²) in [6.07, 6.45) is 0.942. The standard InChI is InChI=1S/C14H18N2O2/c1-11-3-2-4-13-14(11)12(15-18-13)5-6-16-7-9-17-10-8-16/h2-4H,5-10H2,1H3. The highest BCUT2D eigenvalue weighted by Crippen LogP contribution is 2.22. The molecule has 0 amide bonds. The van der Waals surface area contributed by atoms with Crippen LogP contribution in [0.2, 0.25) is 0 Å². The number of rotatable bonds is 3. The average molecular weight is 246 g/mol. The smallest absolute Gasteiger partial charge is 0.167 e. The molecule has 0 radical (unpaired) electrons. The first-order valence-electron chi connectivity index (χ1n) is 6.48.